The van der Waals surface area contributed by atoms with Gasteiger partial charge in [-0.2, -0.15) is 0 Å². The molecule has 0 aromatic heterocycles. The summed E-state index contributed by atoms with van der Waals surface area (Å²) in [5, 5.41) is 37.7. The first kappa shape index (κ1) is 13.4. The number of hydrogen-bond acceptors (Lipinski definition) is 4. The number of rotatable bonds is 3. The van der Waals surface area contributed by atoms with Crippen molar-refractivity contribution >= 4 is 11.9 Å². The van der Waals surface area contributed by atoms with Gasteiger partial charge in [0, 0.05) is 11.1 Å². The summed E-state index contributed by atoms with van der Waals surface area (Å²) in [4.78, 5) is 21.9. The third-order valence-corrected chi connectivity index (χ3v) is 2.82. The van der Waals surface area contributed by atoms with Crippen molar-refractivity contribution in [2.75, 3.05) is 0 Å². The Morgan fingerprint density at radius 1 is 0.700 bits per heavy atom. The molecular formula is C14H10O6. The lowest BCUT2D eigenvalue weighted by Gasteiger charge is -2.10. The summed E-state index contributed by atoms with van der Waals surface area (Å²) < 4.78 is 0. The van der Waals surface area contributed by atoms with Crippen molar-refractivity contribution in [1.82, 2.24) is 0 Å². The van der Waals surface area contributed by atoms with Gasteiger partial charge in [0.2, 0.25) is 0 Å². The quantitative estimate of drug-likeness (QED) is 0.681. The Labute approximate surface area is 113 Å². The van der Waals surface area contributed by atoms with Crippen LogP contribution in [0.15, 0.2) is 36.4 Å². The largest absolute Gasteiger partial charge is 0.506 e. The van der Waals surface area contributed by atoms with E-state index in [1.807, 2.05) is 0 Å². The Hall–Kier alpha value is -3.02. The molecule has 4 N–H and O–H groups in total. The number of phenols is 2. The molecule has 6 nitrogen and oxygen atoms in total. The maximum atomic E-state index is 10.9. The Balaban J connectivity index is 2.70. The first-order chi connectivity index (χ1) is 9.43. The average molecular weight is 274 g/mol. The minimum atomic E-state index is -1.32. The zero-order valence-electron chi connectivity index (χ0n) is 10.1. The van der Waals surface area contributed by atoms with E-state index >= 15 is 0 Å². The van der Waals surface area contributed by atoms with E-state index in [0.717, 1.165) is 0 Å². The van der Waals surface area contributed by atoms with Gasteiger partial charge < -0.3 is 20.4 Å². The fourth-order valence-electron chi connectivity index (χ4n) is 1.87. The van der Waals surface area contributed by atoms with E-state index in [4.69, 9.17) is 10.2 Å². The number of benzene rings is 2. The minimum absolute atomic E-state index is 0.0468. The van der Waals surface area contributed by atoms with Gasteiger partial charge in [0.15, 0.2) is 0 Å². The average Bonchev–Trinajstić information content (AvgIpc) is 2.39. The molecule has 2 aromatic carbocycles. The van der Waals surface area contributed by atoms with Gasteiger partial charge in [0.1, 0.15) is 22.6 Å². The van der Waals surface area contributed by atoms with Crippen LogP contribution in [-0.4, -0.2) is 32.4 Å². The van der Waals surface area contributed by atoms with Crippen molar-refractivity contribution < 1.29 is 30.0 Å². The molecule has 0 aliphatic rings. The Morgan fingerprint density at radius 3 is 1.35 bits per heavy atom. The highest BCUT2D eigenvalue weighted by Gasteiger charge is 2.19. The van der Waals surface area contributed by atoms with E-state index in [1.165, 1.54) is 36.4 Å². The van der Waals surface area contributed by atoms with Crippen molar-refractivity contribution in [2.24, 2.45) is 0 Å². The summed E-state index contributed by atoms with van der Waals surface area (Å²) in [7, 11) is 0. The molecule has 2 rings (SSSR count). The van der Waals surface area contributed by atoms with Gasteiger partial charge in [0.25, 0.3) is 0 Å². The maximum Gasteiger partial charge on any atom is 0.339 e. The first-order valence-electron chi connectivity index (χ1n) is 5.54. The molecule has 0 saturated heterocycles. The molecule has 2 aromatic rings. The Bertz CT molecular complexity index is 643. The standard InChI is InChI=1S/C14H10O6/c15-11-7(3-1-5-9(11)13(17)18)8-4-2-6-10(12(8)16)14(19)20/h1-6,15-16H,(H,17,18)(H,19,20). The van der Waals surface area contributed by atoms with Crippen LogP contribution < -0.4 is 0 Å². The topological polar surface area (TPSA) is 115 Å². The van der Waals surface area contributed by atoms with Gasteiger partial charge in [-0.15, -0.1) is 0 Å². The molecule has 0 heterocycles. The van der Waals surface area contributed by atoms with Crippen molar-refractivity contribution in [3.8, 4) is 22.6 Å². The molecule has 0 radical (unpaired) electrons. The minimum Gasteiger partial charge on any atom is -0.506 e. The van der Waals surface area contributed by atoms with Gasteiger partial charge in [0.05, 0.1) is 0 Å². The summed E-state index contributed by atoms with van der Waals surface area (Å²) in [6.07, 6.45) is 0. The third kappa shape index (κ3) is 2.14. The summed E-state index contributed by atoms with van der Waals surface area (Å²) in [6, 6.07) is 7.99. The van der Waals surface area contributed by atoms with Crippen LogP contribution in [-0.2, 0) is 0 Å². The van der Waals surface area contributed by atoms with Crippen molar-refractivity contribution in [1.29, 1.82) is 0 Å². The second kappa shape index (κ2) is 4.93. The predicted octanol–water partition coefficient (Wildman–Crippen LogP) is 2.16. The summed E-state index contributed by atoms with van der Waals surface area (Å²) >= 11 is 0. The molecule has 0 saturated carbocycles. The molecule has 0 aliphatic heterocycles. The fraction of sp³-hybridized carbons (Fsp3) is 0. The van der Waals surface area contributed by atoms with Crippen LogP contribution in [0.5, 0.6) is 11.5 Å². The molecule has 0 spiro atoms. The molecule has 102 valence electrons. The van der Waals surface area contributed by atoms with E-state index in [-0.39, 0.29) is 22.3 Å². The van der Waals surface area contributed by atoms with Crippen LogP contribution in [0.4, 0.5) is 0 Å². The van der Waals surface area contributed by atoms with Crippen LogP contribution in [0.1, 0.15) is 20.7 Å². The zero-order valence-corrected chi connectivity index (χ0v) is 10.1. The Morgan fingerprint density at radius 2 is 1.05 bits per heavy atom. The molecule has 6 heteroatoms. The summed E-state index contributed by atoms with van der Waals surface area (Å²) in [5.74, 6) is -3.70. The highest BCUT2D eigenvalue weighted by atomic mass is 16.4. The van der Waals surface area contributed by atoms with Crippen LogP contribution in [0.2, 0.25) is 0 Å². The van der Waals surface area contributed by atoms with Gasteiger partial charge in [-0.05, 0) is 12.1 Å². The SMILES string of the molecule is O=C(O)c1cccc(-c2cccc(C(=O)O)c2O)c1O. The molecule has 0 bridgehead atoms. The van der Waals surface area contributed by atoms with Gasteiger partial charge >= 0.3 is 11.9 Å². The number of carbonyl (C=O) groups is 2. The lowest BCUT2D eigenvalue weighted by atomic mass is 9.98. The Kier molecular flexibility index (Phi) is 3.30. The monoisotopic (exact) mass is 274 g/mol. The molecule has 0 amide bonds. The molecule has 20 heavy (non-hydrogen) atoms. The van der Waals surface area contributed by atoms with Crippen LogP contribution in [0, 0.1) is 0 Å². The smallest absolute Gasteiger partial charge is 0.339 e. The van der Waals surface area contributed by atoms with E-state index in [9.17, 15) is 19.8 Å². The molecular weight excluding hydrogens is 264 g/mol. The number of carboxylic acid groups (broad SMARTS) is 2. The maximum absolute atomic E-state index is 10.9. The molecule has 0 aliphatic carbocycles. The van der Waals surface area contributed by atoms with Crippen LogP contribution in [0.3, 0.4) is 0 Å². The first-order valence-corrected chi connectivity index (χ1v) is 5.54. The lowest BCUT2D eigenvalue weighted by molar-refractivity contribution is 0.0682. The lowest BCUT2D eigenvalue weighted by Crippen LogP contribution is -1.99. The zero-order chi connectivity index (χ0) is 14.9. The third-order valence-electron chi connectivity index (χ3n) is 2.82. The number of para-hydroxylation sites is 2. The highest BCUT2D eigenvalue weighted by molar-refractivity contribution is 5.97. The number of carboxylic acids is 2. The predicted molar refractivity (Wildman–Crippen MR) is 69.1 cm³/mol. The van der Waals surface area contributed by atoms with Crippen molar-refractivity contribution in [2.45, 2.75) is 0 Å². The molecule has 0 fully saturated rings. The second-order valence-corrected chi connectivity index (χ2v) is 4.01. The second-order valence-electron chi connectivity index (χ2n) is 4.01. The van der Waals surface area contributed by atoms with Gasteiger partial charge in [-0.1, -0.05) is 24.3 Å². The fourth-order valence-corrected chi connectivity index (χ4v) is 1.87. The van der Waals surface area contributed by atoms with E-state index in [2.05, 4.69) is 0 Å². The van der Waals surface area contributed by atoms with Crippen molar-refractivity contribution in [3.05, 3.63) is 47.5 Å². The van der Waals surface area contributed by atoms with Gasteiger partial charge in [-0.25, -0.2) is 9.59 Å². The summed E-state index contributed by atoms with van der Waals surface area (Å²) in [6.45, 7) is 0. The number of hydrogen-bond donors (Lipinski definition) is 4. The van der Waals surface area contributed by atoms with E-state index in [1.54, 1.807) is 0 Å². The molecule has 0 unspecified atom stereocenters. The highest BCUT2D eigenvalue weighted by Crippen LogP contribution is 2.38. The number of aromatic hydroxyl groups is 2. The van der Waals surface area contributed by atoms with E-state index in [0.29, 0.717) is 0 Å². The molecule has 0 atom stereocenters. The van der Waals surface area contributed by atoms with Gasteiger partial charge in [-0.3, -0.25) is 0 Å². The van der Waals surface area contributed by atoms with Crippen molar-refractivity contribution in [3.63, 3.8) is 0 Å². The normalized spacial score (nSPS) is 10.2. The van der Waals surface area contributed by atoms with E-state index < -0.39 is 23.4 Å². The summed E-state index contributed by atoms with van der Waals surface area (Å²) in [5.41, 5.74) is -0.568. The van der Waals surface area contributed by atoms with Crippen LogP contribution in [0.25, 0.3) is 11.1 Å². The van der Waals surface area contributed by atoms with Crippen LogP contribution >= 0.6 is 0 Å². The number of aromatic carboxylic acids is 2.